The lowest BCUT2D eigenvalue weighted by molar-refractivity contribution is -0.181. The van der Waals surface area contributed by atoms with Gasteiger partial charge in [-0.25, -0.2) is 15.0 Å². The molecular formula is C21H27F2N5O4. The first-order valence-electron chi connectivity index (χ1n) is 10.1. The number of aromatic nitrogens is 3. The van der Waals surface area contributed by atoms with Gasteiger partial charge in [-0.15, -0.1) is 0 Å². The molecule has 1 saturated heterocycles. The third kappa shape index (κ3) is 6.54. The molecule has 1 aliphatic rings. The summed E-state index contributed by atoms with van der Waals surface area (Å²) in [6.07, 6.45) is 1.14. The fraction of sp³-hybridized carbons (Fsp3) is 0.524. The van der Waals surface area contributed by atoms with Crippen LogP contribution in [0.2, 0.25) is 0 Å². The van der Waals surface area contributed by atoms with Crippen molar-refractivity contribution < 1.29 is 27.8 Å². The van der Waals surface area contributed by atoms with E-state index in [0.29, 0.717) is 30.3 Å². The van der Waals surface area contributed by atoms with Crippen molar-refractivity contribution in [3.05, 3.63) is 29.8 Å². The highest BCUT2D eigenvalue weighted by atomic mass is 19.3. The maximum Gasteiger partial charge on any atom is 0.303 e. The molecule has 0 spiro atoms. The van der Waals surface area contributed by atoms with E-state index in [-0.39, 0.29) is 35.9 Å². The van der Waals surface area contributed by atoms with Gasteiger partial charge < -0.3 is 24.8 Å². The van der Waals surface area contributed by atoms with Crippen LogP contribution in [0.4, 0.5) is 26.1 Å². The van der Waals surface area contributed by atoms with E-state index in [0.717, 1.165) is 6.92 Å². The number of aryl methyl sites for hydroxylation is 1. The summed E-state index contributed by atoms with van der Waals surface area (Å²) in [4.78, 5) is 23.3. The second-order valence-corrected chi connectivity index (χ2v) is 8.29. The van der Waals surface area contributed by atoms with E-state index >= 15 is 0 Å². The summed E-state index contributed by atoms with van der Waals surface area (Å²) in [6.45, 7) is 8.54. The SMILES string of the molecule is CC(=O)Nc1cc(Nc2cc(C)nc(C(C)(F)F)n2)c(OC[C@H]2COC(C)(C)CO2)cn1. The molecule has 1 atom stereocenters. The van der Waals surface area contributed by atoms with Gasteiger partial charge >= 0.3 is 5.92 Å². The molecule has 11 heteroatoms. The molecule has 1 amide bonds. The summed E-state index contributed by atoms with van der Waals surface area (Å²) in [5, 5.41) is 5.54. The topological polar surface area (TPSA) is 107 Å². The number of rotatable bonds is 7. The fourth-order valence-electron chi connectivity index (χ4n) is 2.88. The van der Waals surface area contributed by atoms with E-state index in [1.807, 2.05) is 13.8 Å². The van der Waals surface area contributed by atoms with E-state index in [2.05, 4.69) is 25.6 Å². The first-order chi connectivity index (χ1) is 14.9. The lowest BCUT2D eigenvalue weighted by Gasteiger charge is -2.34. The van der Waals surface area contributed by atoms with Gasteiger partial charge in [-0.3, -0.25) is 4.79 Å². The summed E-state index contributed by atoms with van der Waals surface area (Å²) in [5.41, 5.74) is 0.395. The third-order valence-corrected chi connectivity index (χ3v) is 4.43. The quantitative estimate of drug-likeness (QED) is 0.658. The molecule has 0 radical (unpaired) electrons. The smallest absolute Gasteiger partial charge is 0.303 e. The normalized spacial score (nSPS) is 18.2. The molecule has 0 bridgehead atoms. The van der Waals surface area contributed by atoms with Gasteiger partial charge in [-0.1, -0.05) is 0 Å². The highest BCUT2D eigenvalue weighted by Crippen LogP contribution is 2.31. The number of ether oxygens (including phenoxy) is 3. The maximum absolute atomic E-state index is 13.8. The number of alkyl halides is 2. The van der Waals surface area contributed by atoms with Gasteiger partial charge in [0.2, 0.25) is 11.7 Å². The number of pyridine rings is 1. The Bertz CT molecular complexity index is 971. The standard InChI is InChI=1S/C21H27F2N5O4/c1-12-6-18(28-19(25-12)21(5,22)23)27-15-7-17(26-13(2)29)24-8-16(15)30-9-14-10-32-20(3,4)11-31-14/h6-8,14H,9-11H2,1-5H3,(H2,24,25,26,27,28,29)/t14-/m0/s1. The van der Waals surface area contributed by atoms with E-state index < -0.39 is 11.7 Å². The second kappa shape index (κ2) is 9.29. The Balaban J connectivity index is 1.82. The minimum absolute atomic E-state index is 0.151. The highest BCUT2D eigenvalue weighted by Gasteiger charge is 2.30. The van der Waals surface area contributed by atoms with Crippen LogP contribution in [0, 0.1) is 6.92 Å². The van der Waals surface area contributed by atoms with E-state index in [9.17, 15) is 13.6 Å². The van der Waals surface area contributed by atoms with Gasteiger partial charge in [0.15, 0.2) is 5.75 Å². The molecule has 1 fully saturated rings. The zero-order valence-electron chi connectivity index (χ0n) is 18.7. The van der Waals surface area contributed by atoms with Crippen LogP contribution in [0.5, 0.6) is 5.75 Å². The molecule has 174 valence electrons. The van der Waals surface area contributed by atoms with Crippen molar-refractivity contribution in [2.45, 2.75) is 52.2 Å². The Morgan fingerprint density at radius 1 is 1.31 bits per heavy atom. The van der Waals surface area contributed by atoms with Crippen molar-refractivity contribution in [1.82, 2.24) is 15.0 Å². The molecule has 3 heterocycles. The molecule has 0 aliphatic carbocycles. The summed E-state index contributed by atoms with van der Waals surface area (Å²) in [6, 6.07) is 3.05. The van der Waals surface area contributed by atoms with E-state index in [4.69, 9.17) is 14.2 Å². The average molecular weight is 451 g/mol. The molecule has 1 aliphatic heterocycles. The van der Waals surface area contributed by atoms with Gasteiger partial charge in [0.25, 0.3) is 0 Å². The van der Waals surface area contributed by atoms with Gasteiger partial charge in [0, 0.05) is 31.7 Å². The van der Waals surface area contributed by atoms with Crippen LogP contribution in [-0.2, 0) is 20.2 Å². The third-order valence-electron chi connectivity index (χ3n) is 4.43. The van der Waals surface area contributed by atoms with Crippen LogP contribution in [0.3, 0.4) is 0 Å². The molecule has 32 heavy (non-hydrogen) atoms. The molecule has 2 N–H and O–H groups in total. The molecule has 0 saturated carbocycles. The van der Waals surface area contributed by atoms with E-state index in [1.165, 1.54) is 25.3 Å². The number of anilines is 3. The maximum atomic E-state index is 13.8. The van der Waals surface area contributed by atoms with Gasteiger partial charge in [-0.05, 0) is 20.8 Å². The Hall–Kier alpha value is -2.92. The molecule has 2 aromatic rings. The largest absolute Gasteiger partial charge is 0.487 e. The van der Waals surface area contributed by atoms with Crippen molar-refractivity contribution in [3.63, 3.8) is 0 Å². The van der Waals surface area contributed by atoms with Crippen molar-refractivity contribution in [1.29, 1.82) is 0 Å². The predicted octanol–water partition coefficient (Wildman–Crippen LogP) is 3.57. The molecule has 0 unspecified atom stereocenters. The van der Waals surface area contributed by atoms with Gasteiger partial charge in [0.05, 0.1) is 30.7 Å². The Kier molecular flexibility index (Phi) is 6.89. The predicted molar refractivity (Wildman–Crippen MR) is 113 cm³/mol. The van der Waals surface area contributed by atoms with Crippen LogP contribution < -0.4 is 15.4 Å². The van der Waals surface area contributed by atoms with Crippen LogP contribution >= 0.6 is 0 Å². The summed E-state index contributed by atoms with van der Waals surface area (Å²) >= 11 is 0. The number of amides is 1. The summed E-state index contributed by atoms with van der Waals surface area (Å²) in [7, 11) is 0. The first-order valence-corrected chi connectivity index (χ1v) is 10.1. The Morgan fingerprint density at radius 2 is 2.06 bits per heavy atom. The molecule has 2 aromatic heterocycles. The number of halogens is 2. The minimum atomic E-state index is -3.20. The zero-order valence-corrected chi connectivity index (χ0v) is 18.7. The number of nitrogens with one attached hydrogen (secondary N) is 2. The second-order valence-electron chi connectivity index (χ2n) is 8.29. The number of carbonyl (C=O) groups is 1. The van der Waals surface area contributed by atoms with Crippen LogP contribution in [-0.4, -0.2) is 52.4 Å². The lowest BCUT2D eigenvalue weighted by atomic mass is 10.1. The summed E-state index contributed by atoms with van der Waals surface area (Å²) < 4.78 is 44.9. The highest BCUT2D eigenvalue weighted by molar-refractivity contribution is 5.88. The van der Waals surface area contributed by atoms with Crippen molar-refractivity contribution in [2.75, 3.05) is 30.5 Å². The number of hydrogen-bond donors (Lipinski definition) is 2. The zero-order chi connectivity index (χ0) is 23.5. The van der Waals surface area contributed by atoms with Crippen LogP contribution in [0.1, 0.15) is 39.2 Å². The molecule has 9 nitrogen and oxygen atoms in total. The van der Waals surface area contributed by atoms with Crippen LogP contribution in [0.25, 0.3) is 0 Å². The number of hydrogen-bond acceptors (Lipinski definition) is 8. The van der Waals surface area contributed by atoms with E-state index in [1.54, 1.807) is 6.92 Å². The minimum Gasteiger partial charge on any atom is -0.487 e. The van der Waals surface area contributed by atoms with Crippen molar-refractivity contribution >= 4 is 23.2 Å². The molecular weight excluding hydrogens is 424 g/mol. The first kappa shape index (κ1) is 23.7. The number of nitrogens with zero attached hydrogens (tertiary/aromatic N) is 3. The van der Waals surface area contributed by atoms with Gasteiger partial charge in [-0.2, -0.15) is 8.78 Å². The monoisotopic (exact) mass is 451 g/mol. The summed E-state index contributed by atoms with van der Waals surface area (Å²) in [5.74, 6) is -3.37. The Labute approximate surface area is 184 Å². The van der Waals surface area contributed by atoms with Gasteiger partial charge in [0.1, 0.15) is 24.3 Å². The van der Waals surface area contributed by atoms with Crippen molar-refractivity contribution in [2.24, 2.45) is 0 Å². The average Bonchev–Trinajstić information content (AvgIpc) is 2.67. The Morgan fingerprint density at radius 3 is 2.69 bits per heavy atom. The van der Waals surface area contributed by atoms with Crippen molar-refractivity contribution in [3.8, 4) is 5.75 Å². The fourth-order valence-corrected chi connectivity index (χ4v) is 2.88. The molecule has 3 rings (SSSR count). The lowest BCUT2D eigenvalue weighted by Crippen LogP contribution is -2.44. The number of carbonyl (C=O) groups excluding carboxylic acids is 1. The van der Waals surface area contributed by atoms with Crippen LogP contribution in [0.15, 0.2) is 18.3 Å². The molecule has 0 aromatic carbocycles.